The second-order valence-electron chi connectivity index (χ2n) is 7.48. The van der Waals surface area contributed by atoms with Gasteiger partial charge in [-0.3, -0.25) is 4.79 Å². The van der Waals surface area contributed by atoms with Crippen LogP contribution in [0.3, 0.4) is 0 Å². The molecule has 24 heavy (non-hydrogen) atoms. The molecule has 2 rings (SSSR count). The van der Waals surface area contributed by atoms with Crippen LogP contribution in [0.2, 0.25) is 0 Å². The van der Waals surface area contributed by atoms with Gasteiger partial charge in [-0.15, -0.1) is 0 Å². The summed E-state index contributed by atoms with van der Waals surface area (Å²) in [5.74, 6) is 0.140. The van der Waals surface area contributed by atoms with Crippen molar-refractivity contribution in [2.75, 3.05) is 18.4 Å². The molecule has 0 spiro atoms. The summed E-state index contributed by atoms with van der Waals surface area (Å²) in [4.78, 5) is 12.6. The van der Waals surface area contributed by atoms with Crippen molar-refractivity contribution >= 4 is 21.6 Å². The molecule has 1 fully saturated rings. The van der Waals surface area contributed by atoms with Crippen LogP contribution in [-0.4, -0.2) is 33.0 Å². The maximum atomic E-state index is 12.6. The molecular formula is C17H27N3O3S. The minimum absolute atomic E-state index is 0.0806. The lowest BCUT2D eigenvalue weighted by Crippen LogP contribution is -2.48. The van der Waals surface area contributed by atoms with Crippen molar-refractivity contribution in [2.45, 2.75) is 45.1 Å². The molecule has 0 radical (unpaired) electrons. The fraction of sp³-hybridized carbons (Fsp3) is 0.588. The van der Waals surface area contributed by atoms with Crippen molar-refractivity contribution in [2.24, 2.45) is 11.8 Å². The first-order valence-electron chi connectivity index (χ1n) is 8.16. The van der Waals surface area contributed by atoms with Crippen LogP contribution >= 0.6 is 0 Å². The third-order valence-electron chi connectivity index (χ3n) is 4.21. The number of benzene rings is 1. The molecule has 0 saturated carbocycles. The number of hydrogen-bond donors (Lipinski definition) is 3. The number of nitrogens with one attached hydrogen (secondary N) is 3. The van der Waals surface area contributed by atoms with Gasteiger partial charge in [-0.2, -0.15) is 0 Å². The molecule has 1 amide bonds. The number of anilines is 1. The van der Waals surface area contributed by atoms with Crippen molar-refractivity contribution in [1.29, 1.82) is 0 Å². The number of hydrogen-bond acceptors (Lipinski definition) is 4. The van der Waals surface area contributed by atoms with Gasteiger partial charge in [-0.1, -0.05) is 13.0 Å². The summed E-state index contributed by atoms with van der Waals surface area (Å²) >= 11 is 0. The van der Waals surface area contributed by atoms with E-state index in [1.165, 1.54) is 0 Å². The van der Waals surface area contributed by atoms with Gasteiger partial charge < -0.3 is 10.6 Å². The van der Waals surface area contributed by atoms with E-state index in [2.05, 4.69) is 15.4 Å². The zero-order valence-corrected chi connectivity index (χ0v) is 15.8. The fourth-order valence-corrected chi connectivity index (χ4v) is 4.31. The molecule has 1 heterocycles. The number of rotatable bonds is 5. The summed E-state index contributed by atoms with van der Waals surface area (Å²) in [5.41, 5.74) is 0.508. The summed E-state index contributed by atoms with van der Waals surface area (Å²) < 4.78 is 27.8. The largest absolute Gasteiger partial charge is 0.326 e. The lowest BCUT2D eigenvalue weighted by Gasteiger charge is -2.31. The third-order valence-corrected chi connectivity index (χ3v) is 6.11. The average molecular weight is 353 g/mol. The van der Waals surface area contributed by atoms with Crippen molar-refractivity contribution in [3.63, 3.8) is 0 Å². The van der Waals surface area contributed by atoms with Crippen LogP contribution in [-0.2, 0) is 14.8 Å². The Labute approximate surface area is 144 Å². The molecule has 1 saturated heterocycles. The van der Waals surface area contributed by atoms with Gasteiger partial charge in [0, 0.05) is 17.1 Å². The van der Waals surface area contributed by atoms with Gasteiger partial charge in [0.1, 0.15) is 0 Å². The molecule has 0 aromatic heterocycles. The number of sulfonamides is 1. The molecule has 134 valence electrons. The Balaban J connectivity index is 2.23. The molecule has 1 atom stereocenters. The summed E-state index contributed by atoms with van der Waals surface area (Å²) in [6, 6.07) is 4.93. The van der Waals surface area contributed by atoms with Gasteiger partial charge in [-0.25, -0.2) is 13.1 Å². The Kier molecular flexibility index (Phi) is 5.37. The van der Waals surface area contributed by atoms with Crippen LogP contribution < -0.4 is 15.4 Å². The molecule has 1 aliphatic heterocycles. The van der Waals surface area contributed by atoms with E-state index in [4.69, 9.17) is 0 Å². The molecule has 7 heteroatoms. The SMILES string of the molecule is Cc1c(NC(=O)C(C)C2CNC2)cccc1S(=O)(=O)NC(C)(C)C. The van der Waals surface area contributed by atoms with E-state index in [0.717, 1.165) is 13.1 Å². The van der Waals surface area contributed by atoms with E-state index in [9.17, 15) is 13.2 Å². The number of amides is 1. The Morgan fingerprint density at radius 2 is 1.92 bits per heavy atom. The Morgan fingerprint density at radius 1 is 1.29 bits per heavy atom. The second kappa shape index (κ2) is 6.82. The monoisotopic (exact) mass is 353 g/mol. The maximum Gasteiger partial charge on any atom is 0.241 e. The van der Waals surface area contributed by atoms with E-state index in [1.807, 2.05) is 6.92 Å². The molecular weight excluding hydrogens is 326 g/mol. The Morgan fingerprint density at radius 3 is 2.42 bits per heavy atom. The Bertz CT molecular complexity index is 719. The van der Waals surface area contributed by atoms with Crippen LogP contribution in [0.1, 0.15) is 33.3 Å². The lowest BCUT2D eigenvalue weighted by molar-refractivity contribution is -0.121. The maximum absolute atomic E-state index is 12.6. The molecule has 1 unspecified atom stereocenters. The van der Waals surface area contributed by atoms with Gasteiger partial charge in [0.2, 0.25) is 15.9 Å². The summed E-state index contributed by atoms with van der Waals surface area (Å²) in [7, 11) is -3.65. The van der Waals surface area contributed by atoms with Crippen molar-refractivity contribution in [3.05, 3.63) is 23.8 Å². The van der Waals surface area contributed by atoms with Crippen LogP contribution in [0.5, 0.6) is 0 Å². The minimum atomic E-state index is -3.65. The average Bonchev–Trinajstić information content (AvgIpc) is 2.35. The highest BCUT2D eigenvalue weighted by molar-refractivity contribution is 7.89. The van der Waals surface area contributed by atoms with Gasteiger partial charge in [0.15, 0.2) is 0 Å². The highest BCUT2D eigenvalue weighted by Gasteiger charge is 2.29. The zero-order chi connectivity index (χ0) is 18.1. The van der Waals surface area contributed by atoms with E-state index in [-0.39, 0.29) is 16.7 Å². The standard InChI is InChI=1S/C17H27N3O3S/c1-11(13-9-18-10-13)16(21)19-14-7-6-8-15(12(14)2)24(22,23)20-17(3,4)5/h6-8,11,13,18,20H,9-10H2,1-5H3,(H,19,21). The molecule has 3 N–H and O–H groups in total. The first-order valence-corrected chi connectivity index (χ1v) is 9.65. The highest BCUT2D eigenvalue weighted by Crippen LogP contribution is 2.25. The molecule has 0 aliphatic carbocycles. The third kappa shape index (κ3) is 4.34. The van der Waals surface area contributed by atoms with Gasteiger partial charge in [-0.05, 0) is 64.4 Å². The van der Waals surface area contributed by atoms with Crippen molar-refractivity contribution in [1.82, 2.24) is 10.0 Å². The van der Waals surface area contributed by atoms with Gasteiger partial charge in [0.05, 0.1) is 4.90 Å². The van der Waals surface area contributed by atoms with E-state index < -0.39 is 15.6 Å². The summed E-state index contributed by atoms with van der Waals surface area (Å²) in [6.45, 7) is 10.7. The topological polar surface area (TPSA) is 87.3 Å². The molecule has 1 aromatic carbocycles. The van der Waals surface area contributed by atoms with Gasteiger partial charge in [0.25, 0.3) is 0 Å². The van der Waals surface area contributed by atoms with Crippen LogP contribution in [0.4, 0.5) is 5.69 Å². The predicted molar refractivity (Wildman–Crippen MR) is 95.4 cm³/mol. The normalized spacial score (nSPS) is 17.2. The number of carbonyl (C=O) groups excluding carboxylic acids is 1. The molecule has 1 aromatic rings. The highest BCUT2D eigenvalue weighted by atomic mass is 32.2. The van der Waals surface area contributed by atoms with Gasteiger partial charge >= 0.3 is 0 Å². The predicted octanol–water partition coefficient (Wildman–Crippen LogP) is 1.87. The summed E-state index contributed by atoms with van der Waals surface area (Å²) in [6.07, 6.45) is 0. The van der Waals surface area contributed by atoms with E-state index >= 15 is 0 Å². The zero-order valence-electron chi connectivity index (χ0n) is 14.9. The van der Waals surface area contributed by atoms with Crippen molar-refractivity contribution in [3.8, 4) is 0 Å². The van der Waals surface area contributed by atoms with Crippen molar-refractivity contribution < 1.29 is 13.2 Å². The first-order chi connectivity index (χ1) is 11.0. The van der Waals surface area contributed by atoms with Crippen LogP contribution in [0.15, 0.2) is 23.1 Å². The van der Waals surface area contributed by atoms with Crippen LogP contribution in [0.25, 0.3) is 0 Å². The molecule has 6 nitrogen and oxygen atoms in total. The molecule has 1 aliphatic rings. The minimum Gasteiger partial charge on any atom is -0.326 e. The number of carbonyl (C=O) groups is 1. The first kappa shape index (κ1) is 18.9. The Hall–Kier alpha value is -1.44. The van der Waals surface area contributed by atoms with E-state index in [0.29, 0.717) is 17.2 Å². The van der Waals surface area contributed by atoms with Crippen LogP contribution in [0, 0.1) is 18.8 Å². The smallest absolute Gasteiger partial charge is 0.241 e. The van der Waals surface area contributed by atoms with E-state index in [1.54, 1.807) is 45.9 Å². The lowest BCUT2D eigenvalue weighted by atomic mass is 9.88. The second-order valence-corrected chi connectivity index (χ2v) is 9.13. The quantitative estimate of drug-likeness (QED) is 0.754. The molecule has 0 bridgehead atoms. The summed E-state index contributed by atoms with van der Waals surface area (Å²) in [5, 5.41) is 6.03. The fourth-order valence-electron chi connectivity index (χ4n) is 2.62.